The van der Waals surface area contributed by atoms with Crippen LogP contribution in [0.15, 0.2) is 0 Å². The average molecular weight is 267 g/mol. The summed E-state index contributed by atoms with van der Waals surface area (Å²) >= 11 is 0. The minimum absolute atomic E-state index is 0. The van der Waals surface area contributed by atoms with Crippen molar-refractivity contribution in [2.24, 2.45) is 5.73 Å². The number of halogens is 1. The first-order valence-corrected chi connectivity index (χ1v) is 5.88. The van der Waals surface area contributed by atoms with E-state index in [2.05, 4.69) is 0 Å². The lowest BCUT2D eigenvalue weighted by Gasteiger charge is -2.20. The highest BCUT2D eigenvalue weighted by molar-refractivity contribution is 5.85. The number of likely N-dealkylation sites (tertiary alicyclic amines) is 1. The topological polar surface area (TPSA) is 64.8 Å². The molecule has 1 aliphatic heterocycles. The van der Waals surface area contributed by atoms with Gasteiger partial charge in [-0.05, 0) is 20.3 Å². The van der Waals surface area contributed by atoms with E-state index < -0.39 is 6.10 Å². The number of ether oxygens (including phenoxy) is 2. The van der Waals surface area contributed by atoms with E-state index >= 15 is 0 Å². The van der Waals surface area contributed by atoms with Crippen LogP contribution in [0.1, 0.15) is 20.3 Å². The van der Waals surface area contributed by atoms with Crippen molar-refractivity contribution >= 4 is 18.3 Å². The molecule has 0 aromatic rings. The van der Waals surface area contributed by atoms with Gasteiger partial charge in [0.2, 0.25) is 0 Å². The van der Waals surface area contributed by atoms with E-state index in [1.807, 2.05) is 6.92 Å². The van der Waals surface area contributed by atoms with E-state index in [1.54, 1.807) is 11.8 Å². The van der Waals surface area contributed by atoms with Gasteiger partial charge in [-0.2, -0.15) is 0 Å². The van der Waals surface area contributed by atoms with E-state index in [0.717, 1.165) is 13.0 Å². The molecule has 1 rings (SSSR count). The fraction of sp³-hybridized carbons (Fsp3) is 0.909. The summed E-state index contributed by atoms with van der Waals surface area (Å²) in [5.74, 6) is 0.0319. The maximum Gasteiger partial charge on any atom is 0.251 e. The largest absolute Gasteiger partial charge is 0.379 e. The van der Waals surface area contributed by atoms with Gasteiger partial charge in [0, 0.05) is 25.7 Å². The molecule has 0 spiro atoms. The van der Waals surface area contributed by atoms with Crippen LogP contribution in [0.2, 0.25) is 0 Å². The number of hydrogen-bond acceptors (Lipinski definition) is 4. The molecule has 5 nitrogen and oxygen atoms in total. The zero-order chi connectivity index (χ0) is 12.0. The monoisotopic (exact) mass is 266 g/mol. The Morgan fingerprint density at radius 1 is 1.53 bits per heavy atom. The second-order valence-electron chi connectivity index (χ2n) is 4.04. The van der Waals surface area contributed by atoms with Crippen LogP contribution < -0.4 is 5.73 Å². The Hall–Kier alpha value is -0.360. The van der Waals surface area contributed by atoms with Gasteiger partial charge >= 0.3 is 0 Å². The fourth-order valence-corrected chi connectivity index (χ4v) is 1.74. The van der Waals surface area contributed by atoms with Crippen LogP contribution in [0.5, 0.6) is 0 Å². The lowest BCUT2D eigenvalue weighted by atomic mass is 10.3. The average Bonchev–Trinajstić information content (AvgIpc) is 2.70. The SMILES string of the molecule is CCOCCOC(C)C(=O)N1CC[C@@H](N)C1.Cl. The molecule has 1 unspecified atom stereocenters. The van der Waals surface area contributed by atoms with Crippen LogP contribution in [0.4, 0.5) is 0 Å². The van der Waals surface area contributed by atoms with Gasteiger partial charge < -0.3 is 20.1 Å². The van der Waals surface area contributed by atoms with Gasteiger partial charge in [0.25, 0.3) is 5.91 Å². The summed E-state index contributed by atoms with van der Waals surface area (Å²) in [7, 11) is 0. The zero-order valence-corrected chi connectivity index (χ0v) is 11.4. The highest BCUT2D eigenvalue weighted by Gasteiger charge is 2.27. The lowest BCUT2D eigenvalue weighted by molar-refractivity contribution is -0.142. The third-order valence-electron chi connectivity index (χ3n) is 2.68. The zero-order valence-electron chi connectivity index (χ0n) is 10.6. The van der Waals surface area contributed by atoms with Gasteiger partial charge in [-0.3, -0.25) is 4.79 Å². The number of hydrogen-bond donors (Lipinski definition) is 1. The molecular weight excluding hydrogens is 244 g/mol. The number of carbonyl (C=O) groups is 1. The Labute approximate surface area is 109 Å². The first kappa shape index (κ1) is 16.6. The summed E-state index contributed by atoms with van der Waals surface area (Å²) in [6.45, 7) is 6.77. The second kappa shape index (κ2) is 8.69. The van der Waals surface area contributed by atoms with Gasteiger partial charge in [0.05, 0.1) is 13.2 Å². The standard InChI is InChI=1S/C11H22N2O3.ClH/c1-3-15-6-7-16-9(2)11(14)13-5-4-10(12)8-13;/h9-10H,3-8,12H2,1-2H3;1H/t9?,10-;/m1./s1. The Morgan fingerprint density at radius 3 is 2.76 bits per heavy atom. The molecule has 0 saturated carbocycles. The summed E-state index contributed by atoms with van der Waals surface area (Å²) < 4.78 is 10.5. The normalized spacial score (nSPS) is 21.1. The summed E-state index contributed by atoms with van der Waals surface area (Å²) in [5, 5.41) is 0. The van der Waals surface area contributed by atoms with Gasteiger partial charge in [-0.1, -0.05) is 0 Å². The van der Waals surface area contributed by atoms with Crippen LogP contribution in [0, 0.1) is 0 Å². The maximum absolute atomic E-state index is 11.9. The molecule has 2 N–H and O–H groups in total. The molecule has 0 radical (unpaired) electrons. The number of amides is 1. The van der Waals surface area contributed by atoms with Crippen molar-refractivity contribution in [3.63, 3.8) is 0 Å². The van der Waals surface area contributed by atoms with Crippen LogP contribution in [0.3, 0.4) is 0 Å². The van der Waals surface area contributed by atoms with E-state index in [1.165, 1.54) is 0 Å². The molecule has 1 saturated heterocycles. The molecule has 0 bridgehead atoms. The number of carbonyl (C=O) groups excluding carboxylic acids is 1. The fourth-order valence-electron chi connectivity index (χ4n) is 1.74. The summed E-state index contributed by atoms with van der Waals surface area (Å²) in [6, 6.07) is 0.125. The molecule has 1 heterocycles. The van der Waals surface area contributed by atoms with Crippen LogP contribution >= 0.6 is 12.4 Å². The van der Waals surface area contributed by atoms with Crippen molar-refractivity contribution in [2.75, 3.05) is 32.9 Å². The Morgan fingerprint density at radius 2 is 2.24 bits per heavy atom. The Bertz CT molecular complexity index is 229. The number of nitrogens with zero attached hydrogens (tertiary/aromatic N) is 1. The van der Waals surface area contributed by atoms with Crippen LogP contribution in [-0.2, 0) is 14.3 Å². The van der Waals surface area contributed by atoms with Gasteiger partial charge in [0.1, 0.15) is 6.10 Å². The summed E-state index contributed by atoms with van der Waals surface area (Å²) in [5.41, 5.74) is 5.75. The predicted octanol–water partition coefficient (Wildman–Crippen LogP) is 0.409. The quantitative estimate of drug-likeness (QED) is 0.708. The summed E-state index contributed by atoms with van der Waals surface area (Å²) in [6.07, 6.45) is 0.489. The molecule has 6 heteroatoms. The molecule has 0 aromatic carbocycles. The summed E-state index contributed by atoms with van der Waals surface area (Å²) in [4.78, 5) is 13.6. The number of rotatable bonds is 6. The lowest BCUT2D eigenvalue weighted by Crippen LogP contribution is -2.39. The van der Waals surface area contributed by atoms with Gasteiger partial charge in [0.15, 0.2) is 0 Å². The molecule has 1 fully saturated rings. The van der Waals surface area contributed by atoms with Crippen molar-refractivity contribution in [1.82, 2.24) is 4.90 Å². The third kappa shape index (κ3) is 5.68. The molecule has 102 valence electrons. The minimum Gasteiger partial charge on any atom is -0.379 e. The van der Waals surface area contributed by atoms with E-state index in [4.69, 9.17) is 15.2 Å². The van der Waals surface area contributed by atoms with E-state index in [9.17, 15) is 4.79 Å². The second-order valence-corrected chi connectivity index (χ2v) is 4.04. The van der Waals surface area contributed by atoms with E-state index in [-0.39, 0.29) is 24.4 Å². The highest BCUT2D eigenvalue weighted by atomic mass is 35.5. The van der Waals surface area contributed by atoms with Crippen molar-refractivity contribution < 1.29 is 14.3 Å². The molecule has 0 aromatic heterocycles. The van der Waals surface area contributed by atoms with Crippen LogP contribution in [-0.4, -0.2) is 55.9 Å². The van der Waals surface area contributed by atoms with Crippen molar-refractivity contribution in [2.45, 2.75) is 32.4 Å². The predicted molar refractivity (Wildman–Crippen MR) is 68.3 cm³/mol. The van der Waals surface area contributed by atoms with Crippen molar-refractivity contribution in [3.8, 4) is 0 Å². The Balaban J connectivity index is 0.00000256. The number of nitrogens with two attached hydrogens (primary N) is 1. The minimum atomic E-state index is -0.397. The molecule has 1 aliphatic rings. The van der Waals surface area contributed by atoms with Crippen molar-refractivity contribution in [1.29, 1.82) is 0 Å². The Kier molecular flexibility index (Phi) is 8.51. The molecule has 1 amide bonds. The molecule has 2 atom stereocenters. The van der Waals surface area contributed by atoms with Gasteiger partial charge in [-0.25, -0.2) is 0 Å². The van der Waals surface area contributed by atoms with Crippen LogP contribution in [0.25, 0.3) is 0 Å². The molecule has 17 heavy (non-hydrogen) atoms. The van der Waals surface area contributed by atoms with Crippen molar-refractivity contribution in [3.05, 3.63) is 0 Å². The molecule has 0 aliphatic carbocycles. The first-order chi connectivity index (χ1) is 7.65. The smallest absolute Gasteiger partial charge is 0.251 e. The maximum atomic E-state index is 11.9. The van der Waals surface area contributed by atoms with Gasteiger partial charge in [-0.15, -0.1) is 12.4 Å². The highest BCUT2D eigenvalue weighted by Crippen LogP contribution is 2.09. The first-order valence-electron chi connectivity index (χ1n) is 5.88. The third-order valence-corrected chi connectivity index (χ3v) is 2.68. The van der Waals surface area contributed by atoms with E-state index in [0.29, 0.717) is 26.4 Å². The molecular formula is C11H23ClN2O3.